The summed E-state index contributed by atoms with van der Waals surface area (Å²) in [5, 5.41) is 11.8. The van der Waals surface area contributed by atoms with Gasteiger partial charge < -0.3 is 20.9 Å². The van der Waals surface area contributed by atoms with E-state index in [1.165, 1.54) is 0 Å². The van der Waals surface area contributed by atoms with Gasteiger partial charge in [-0.15, -0.1) is 0 Å². The van der Waals surface area contributed by atoms with Crippen LogP contribution in [0.2, 0.25) is 0 Å². The Morgan fingerprint density at radius 3 is 2.80 bits per heavy atom. The lowest BCUT2D eigenvalue weighted by atomic mass is 10.1. The van der Waals surface area contributed by atoms with Crippen molar-refractivity contribution in [2.45, 2.75) is 37.3 Å². The van der Waals surface area contributed by atoms with Gasteiger partial charge in [-0.3, -0.25) is 4.79 Å². The van der Waals surface area contributed by atoms with E-state index in [2.05, 4.69) is 5.32 Å². The van der Waals surface area contributed by atoms with Crippen molar-refractivity contribution < 1.29 is 14.6 Å². The number of carbonyl (C=O) groups is 1. The maximum Gasteiger partial charge on any atom is 0.237 e. The number of rotatable bonds is 7. The van der Waals surface area contributed by atoms with Gasteiger partial charge in [0.15, 0.2) is 0 Å². The summed E-state index contributed by atoms with van der Waals surface area (Å²) >= 11 is 0. The Morgan fingerprint density at radius 1 is 1.67 bits per heavy atom. The molecule has 1 atom stereocenters. The molecule has 1 unspecified atom stereocenters. The molecule has 0 aromatic carbocycles. The fraction of sp³-hybridized carbons (Fsp3) is 0.900. The van der Waals surface area contributed by atoms with Crippen LogP contribution in [0.15, 0.2) is 0 Å². The first-order valence-electron chi connectivity index (χ1n) is 5.31. The second-order valence-corrected chi connectivity index (χ2v) is 4.17. The normalized spacial score (nSPS) is 19.7. The molecule has 15 heavy (non-hydrogen) atoms. The second-order valence-electron chi connectivity index (χ2n) is 4.17. The number of ether oxygens (including phenoxy) is 1. The molecular formula is C10H20N2O3. The SMILES string of the molecule is COCCCC(N)C(=O)NC1(CO)CC1. The molecule has 5 heteroatoms. The van der Waals surface area contributed by atoms with Gasteiger partial charge in [0.25, 0.3) is 0 Å². The average molecular weight is 216 g/mol. The highest BCUT2D eigenvalue weighted by molar-refractivity contribution is 5.82. The molecule has 1 aliphatic carbocycles. The maximum absolute atomic E-state index is 11.6. The molecule has 5 nitrogen and oxygen atoms in total. The molecule has 0 aromatic rings. The van der Waals surface area contributed by atoms with Crippen molar-refractivity contribution in [2.75, 3.05) is 20.3 Å². The number of amides is 1. The lowest BCUT2D eigenvalue weighted by Crippen LogP contribution is -2.48. The highest BCUT2D eigenvalue weighted by atomic mass is 16.5. The smallest absolute Gasteiger partial charge is 0.237 e. The van der Waals surface area contributed by atoms with Crippen LogP contribution in [0, 0.1) is 0 Å². The third-order valence-electron chi connectivity index (χ3n) is 2.74. The third-order valence-corrected chi connectivity index (χ3v) is 2.74. The zero-order chi connectivity index (χ0) is 11.3. The quantitative estimate of drug-likeness (QED) is 0.495. The lowest BCUT2D eigenvalue weighted by molar-refractivity contribution is -0.123. The van der Waals surface area contributed by atoms with Crippen LogP contribution in [0.4, 0.5) is 0 Å². The largest absolute Gasteiger partial charge is 0.394 e. The van der Waals surface area contributed by atoms with E-state index in [1.54, 1.807) is 7.11 Å². The Kier molecular flexibility index (Phi) is 4.50. The molecule has 0 aliphatic heterocycles. The third kappa shape index (κ3) is 3.77. The topological polar surface area (TPSA) is 84.6 Å². The van der Waals surface area contributed by atoms with Crippen LogP contribution >= 0.6 is 0 Å². The average Bonchev–Trinajstić information content (AvgIpc) is 2.98. The number of nitrogens with two attached hydrogens (primary N) is 1. The van der Waals surface area contributed by atoms with Gasteiger partial charge in [-0.1, -0.05) is 0 Å². The minimum atomic E-state index is -0.496. The number of methoxy groups -OCH3 is 1. The van der Waals surface area contributed by atoms with Crippen LogP contribution < -0.4 is 11.1 Å². The van der Waals surface area contributed by atoms with Crippen molar-refractivity contribution in [1.29, 1.82) is 0 Å². The van der Waals surface area contributed by atoms with Crippen LogP contribution in [0.25, 0.3) is 0 Å². The number of hydrogen-bond donors (Lipinski definition) is 3. The van der Waals surface area contributed by atoms with E-state index < -0.39 is 6.04 Å². The summed E-state index contributed by atoms with van der Waals surface area (Å²) in [6.07, 6.45) is 3.08. The molecule has 1 aliphatic rings. The van der Waals surface area contributed by atoms with Crippen molar-refractivity contribution >= 4 is 5.91 Å². The Morgan fingerprint density at radius 2 is 2.33 bits per heavy atom. The highest BCUT2D eigenvalue weighted by Crippen LogP contribution is 2.34. The van der Waals surface area contributed by atoms with Crippen molar-refractivity contribution in [3.8, 4) is 0 Å². The predicted octanol–water partition coefficient (Wildman–Crippen LogP) is -0.619. The molecule has 1 amide bonds. The zero-order valence-electron chi connectivity index (χ0n) is 9.16. The molecule has 0 saturated heterocycles. The van der Waals surface area contributed by atoms with Gasteiger partial charge in [0, 0.05) is 13.7 Å². The molecule has 0 radical (unpaired) electrons. The molecule has 0 heterocycles. The number of aliphatic hydroxyl groups is 1. The summed E-state index contributed by atoms with van der Waals surface area (Å²) in [5.74, 6) is -0.169. The molecule has 1 fully saturated rings. The summed E-state index contributed by atoms with van der Waals surface area (Å²) in [7, 11) is 1.62. The Balaban J connectivity index is 2.21. The van der Waals surface area contributed by atoms with Crippen LogP contribution in [-0.2, 0) is 9.53 Å². The standard InChI is InChI=1S/C10H20N2O3/c1-15-6-2-3-8(11)9(14)12-10(7-13)4-5-10/h8,13H,2-7,11H2,1H3,(H,12,14). The summed E-state index contributed by atoms with van der Waals surface area (Å²) in [6.45, 7) is 0.621. The van der Waals surface area contributed by atoms with Crippen LogP contribution in [-0.4, -0.2) is 42.9 Å². The van der Waals surface area contributed by atoms with Crippen LogP contribution in [0.3, 0.4) is 0 Å². The van der Waals surface area contributed by atoms with Crippen molar-refractivity contribution in [3.63, 3.8) is 0 Å². The van der Waals surface area contributed by atoms with Crippen LogP contribution in [0.1, 0.15) is 25.7 Å². The molecule has 4 N–H and O–H groups in total. The van der Waals surface area contributed by atoms with Gasteiger partial charge in [0.05, 0.1) is 18.2 Å². The van der Waals surface area contributed by atoms with E-state index in [4.69, 9.17) is 15.6 Å². The molecule has 88 valence electrons. The monoisotopic (exact) mass is 216 g/mol. The van der Waals surface area contributed by atoms with Gasteiger partial charge in [-0.05, 0) is 25.7 Å². The minimum absolute atomic E-state index is 0.00350. The molecule has 1 saturated carbocycles. The fourth-order valence-corrected chi connectivity index (χ4v) is 1.41. The molecular weight excluding hydrogens is 196 g/mol. The highest BCUT2D eigenvalue weighted by Gasteiger charge is 2.43. The molecule has 0 aromatic heterocycles. The van der Waals surface area contributed by atoms with Crippen molar-refractivity contribution in [2.24, 2.45) is 5.73 Å². The molecule has 0 bridgehead atoms. The van der Waals surface area contributed by atoms with Gasteiger partial charge in [-0.25, -0.2) is 0 Å². The minimum Gasteiger partial charge on any atom is -0.394 e. The summed E-state index contributed by atoms with van der Waals surface area (Å²) in [6, 6.07) is -0.496. The summed E-state index contributed by atoms with van der Waals surface area (Å²) < 4.78 is 4.88. The van der Waals surface area contributed by atoms with Gasteiger partial charge in [0.2, 0.25) is 5.91 Å². The fourth-order valence-electron chi connectivity index (χ4n) is 1.41. The van der Waals surface area contributed by atoms with Crippen molar-refractivity contribution in [3.05, 3.63) is 0 Å². The number of carbonyl (C=O) groups excluding carboxylic acids is 1. The molecule has 1 rings (SSSR count). The predicted molar refractivity (Wildman–Crippen MR) is 56.3 cm³/mol. The lowest BCUT2D eigenvalue weighted by Gasteiger charge is -2.18. The van der Waals surface area contributed by atoms with Gasteiger partial charge >= 0.3 is 0 Å². The van der Waals surface area contributed by atoms with E-state index in [0.717, 1.165) is 19.3 Å². The second kappa shape index (κ2) is 5.44. The summed E-state index contributed by atoms with van der Waals surface area (Å²) in [5.41, 5.74) is 5.33. The first kappa shape index (κ1) is 12.4. The summed E-state index contributed by atoms with van der Waals surface area (Å²) in [4.78, 5) is 11.6. The number of nitrogens with one attached hydrogen (secondary N) is 1. The first-order chi connectivity index (χ1) is 7.13. The maximum atomic E-state index is 11.6. The van der Waals surface area contributed by atoms with E-state index in [-0.39, 0.29) is 18.1 Å². The van der Waals surface area contributed by atoms with Crippen LogP contribution in [0.5, 0.6) is 0 Å². The zero-order valence-corrected chi connectivity index (χ0v) is 9.16. The first-order valence-corrected chi connectivity index (χ1v) is 5.31. The Hall–Kier alpha value is -0.650. The Bertz CT molecular complexity index is 217. The number of aliphatic hydroxyl groups excluding tert-OH is 1. The molecule has 0 spiro atoms. The van der Waals surface area contributed by atoms with Gasteiger partial charge in [0.1, 0.15) is 0 Å². The van der Waals surface area contributed by atoms with E-state index in [9.17, 15) is 4.79 Å². The van der Waals surface area contributed by atoms with E-state index in [0.29, 0.717) is 13.0 Å². The van der Waals surface area contributed by atoms with E-state index >= 15 is 0 Å². The number of hydrogen-bond acceptors (Lipinski definition) is 4. The Labute approximate surface area is 90.0 Å². The van der Waals surface area contributed by atoms with E-state index in [1.807, 2.05) is 0 Å². The van der Waals surface area contributed by atoms with Crippen molar-refractivity contribution in [1.82, 2.24) is 5.32 Å². The van der Waals surface area contributed by atoms with Gasteiger partial charge in [-0.2, -0.15) is 0 Å².